The highest BCUT2D eigenvalue weighted by atomic mass is 79.9. The van der Waals surface area contributed by atoms with Gasteiger partial charge in [0.05, 0.1) is 17.6 Å². The first-order valence-electron chi connectivity index (χ1n) is 6.11. The van der Waals surface area contributed by atoms with Crippen molar-refractivity contribution in [2.24, 2.45) is 11.1 Å². The molecule has 1 aromatic carbocycles. The van der Waals surface area contributed by atoms with Gasteiger partial charge in [0, 0.05) is 6.54 Å². The number of amides is 1. The molecule has 114 valence electrons. The summed E-state index contributed by atoms with van der Waals surface area (Å²) < 4.78 is 6.02. The molecular formula is C14H22BrClN2O2. The molecule has 6 heteroatoms. The number of nitrogens with two attached hydrogens (primary N) is 1. The van der Waals surface area contributed by atoms with Gasteiger partial charge in [-0.05, 0) is 39.0 Å². The zero-order chi connectivity index (χ0) is 14.6. The SMILES string of the molecule is COc1ccc(CNC(=O)[C@@H](N)C(C)(C)C)cc1Br.Cl. The van der Waals surface area contributed by atoms with Crippen LogP contribution in [0.1, 0.15) is 26.3 Å². The van der Waals surface area contributed by atoms with E-state index in [0.717, 1.165) is 15.8 Å². The molecule has 1 aromatic rings. The number of benzene rings is 1. The molecule has 3 N–H and O–H groups in total. The van der Waals surface area contributed by atoms with Crippen molar-refractivity contribution in [1.82, 2.24) is 5.32 Å². The molecule has 1 amide bonds. The summed E-state index contributed by atoms with van der Waals surface area (Å²) in [5, 5.41) is 2.84. The summed E-state index contributed by atoms with van der Waals surface area (Å²) in [6, 6.07) is 5.16. The number of rotatable bonds is 4. The van der Waals surface area contributed by atoms with Crippen LogP contribution in [0, 0.1) is 5.41 Å². The van der Waals surface area contributed by atoms with Gasteiger partial charge in [0.15, 0.2) is 0 Å². The minimum atomic E-state index is -0.519. The number of halogens is 2. The van der Waals surface area contributed by atoms with Gasteiger partial charge < -0.3 is 15.8 Å². The first-order chi connectivity index (χ1) is 8.75. The van der Waals surface area contributed by atoms with E-state index in [2.05, 4.69) is 21.2 Å². The predicted molar refractivity (Wildman–Crippen MR) is 87.2 cm³/mol. The molecule has 0 bridgehead atoms. The Balaban J connectivity index is 0.00000361. The molecule has 0 radical (unpaired) electrons. The maximum absolute atomic E-state index is 11.9. The first-order valence-corrected chi connectivity index (χ1v) is 6.90. The van der Waals surface area contributed by atoms with Crippen molar-refractivity contribution in [3.63, 3.8) is 0 Å². The van der Waals surface area contributed by atoms with Crippen molar-refractivity contribution in [3.05, 3.63) is 28.2 Å². The fourth-order valence-electron chi connectivity index (χ4n) is 1.51. The molecule has 0 aromatic heterocycles. The van der Waals surface area contributed by atoms with Crippen LogP contribution in [-0.2, 0) is 11.3 Å². The van der Waals surface area contributed by atoms with E-state index in [-0.39, 0.29) is 23.7 Å². The van der Waals surface area contributed by atoms with Crippen LogP contribution in [0.3, 0.4) is 0 Å². The number of carbonyl (C=O) groups is 1. The molecule has 1 rings (SSSR count). The Bertz CT molecular complexity index is 461. The van der Waals surface area contributed by atoms with Crippen molar-refractivity contribution < 1.29 is 9.53 Å². The van der Waals surface area contributed by atoms with E-state index in [1.807, 2.05) is 39.0 Å². The van der Waals surface area contributed by atoms with Crippen LogP contribution in [0.25, 0.3) is 0 Å². The van der Waals surface area contributed by atoms with Crippen molar-refractivity contribution in [2.45, 2.75) is 33.4 Å². The lowest BCUT2D eigenvalue weighted by atomic mass is 9.87. The molecule has 0 saturated carbocycles. The fraction of sp³-hybridized carbons (Fsp3) is 0.500. The van der Waals surface area contributed by atoms with Crippen LogP contribution in [0.4, 0.5) is 0 Å². The average Bonchev–Trinajstić information content (AvgIpc) is 2.34. The Morgan fingerprint density at radius 3 is 2.50 bits per heavy atom. The Kier molecular flexibility index (Phi) is 7.55. The third-order valence-electron chi connectivity index (χ3n) is 2.90. The molecule has 4 nitrogen and oxygen atoms in total. The van der Waals surface area contributed by atoms with Crippen molar-refractivity contribution in [3.8, 4) is 5.75 Å². The third-order valence-corrected chi connectivity index (χ3v) is 3.52. The van der Waals surface area contributed by atoms with Crippen molar-refractivity contribution in [2.75, 3.05) is 7.11 Å². The second-order valence-electron chi connectivity index (χ2n) is 5.53. The minimum Gasteiger partial charge on any atom is -0.496 e. The number of methoxy groups -OCH3 is 1. The third kappa shape index (κ3) is 5.31. The van der Waals surface area contributed by atoms with E-state index in [1.165, 1.54) is 0 Å². The molecule has 0 saturated heterocycles. The summed E-state index contributed by atoms with van der Waals surface area (Å²) in [7, 11) is 1.61. The molecule has 20 heavy (non-hydrogen) atoms. The summed E-state index contributed by atoms with van der Waals surface area (Å²) >= 11 is 3.41. The molecule has 1 atom stereocenters. The Labute approximate surface area is 135 Å². The molecule has 0 aliphatic carbocycles. The van der Waals surface area contributed by atoms with E-state index in [9.17, 15) is 4.79 Å². The summed E-state index contributed by atoms with van der Waals surface area (Å²) in [4.78, 5) is 11.9. The van der Waals surface area contributed by atoms with Crippen LogP contribution in [-0.4, -0.2) is 19.1 Å². The molecule has 0 heterocycles. The van der Waals surface area contributed by atoms with E-state index in [0.29, 0.717) is 6.54 Å². The normalized spacial score (nSPS) is 12.3. The molecule has 0 fully saturated rings. The monoisotopic (exact) mass is 364 g/mol. The van der Waals surface area contributed by atoms with Crippen LogP contribution >= 0.6 is 28.3 Å². The zero-order valence-corrected chi connectivity index (χ0v) is 14.6. The summed E-state index contributed by atoms with van der Waals surface area (Å²) in [5.41, 5.74) is 6.64. The number of hydrogen-bond donors (Lipinski definition) is 2. The molecule has 0 aliphatic heterocycles. The lowest BCUT2D eigenvalue weighted by Crippen LogP contribution is -2.48. The van der Waals surface area contributed by atoms with Gasteiger partial charge in [-0.25, -0.2) is 0 Å². The highest BCUT2D eigenvalue weighted by Crippen LogP contribution is 2.25. The lowest BCUT2D eigenvalue weighted by Gasteiger charge is -2.25. The topological polar surface area (TPSA) is 64.3 Å². The second kappa shape index (κ2) is 7.86. The standard InChI is InChI=1S/C14H21BrN2O2.ClH/c1-14(2,3)12(16)13(18)17-8-9-5-6-11(19-4)10(15)7-9;/h5-7,12H,8,16H2,1-4H3,(H,17,18);1H/t12-;/m1./s1. The molecule has 0 aliphatic rings. The van der Waals surface area contributed by atoms with Gasteiger partial charge in [0.25, 0.3) is 0 Å². The van der Waals surface area contributed by atoms with Gasteiger partial charge in [-0.2, -0.15) is 0 Å². The van der Waals surface area contributed by atoms with Crippen LogP contribution in [0.5, 0.6) is 5.75 Å². The van der Waals surface area contributed by atoms with Crippen LogP contribution in [0.2, 0.25) is 0 Å². The molecule has 0 unspecified atom stereocenters. The highest BCUT2D eigenvalue weighted by Gasteiger charge is 2.27. The summed E-state index contributed by atoms with van der Waals surface area (Å²) in [6.45, 7) is 6.29. The van der Waals surface area contributed by atoms with Crippen molar-refractivity contribution in [1.29, 1.82) is 0 Å². The van der Waals surface area contributed by atoms with Gasteiger partial charge >= 0.3 is 0 Å². The smallest absolute Gasteiger partial charge is 0.237 e. The lowest BCUT2D eigenvalue weighted by molar-refractivity contribution is -0.124. The zero-order valence-electron chi connectivity index (χ0n) is 12.2. The maximum Gasteiger partial charge on any atom is 0.237 e. The van der Waals surface area contributed by atoms with Gasteiger partial charge in [-0.1, -0.05) is 26.8 Å². The number of nitrogens with one attached hydrogen (secondary N) is 1. The molecule has 0 spiro atoms. The Morgan fingerprint density at radius 1 is 1.45 bits per heavy atom. The highest BCUT2D eigenvalue weighted by molar-refractivity contribution is 9.10. The number of ether oxygens (including phenoxy) is 1. The quantitative estimate of drug-likeness (QED) is 0.862. The van der Waals surface area contributed by atoms with E-state index >= 15 is 0 Å². The maximum atomic E-state index is 11.9. The fourth-order valence-corrected chi connectivity index (χ4v) is 2.10. The largest absolute Gasteiger partial charge is 0.496 e. The number of carbonyl (C=O) groups excluding carboxylic acids is 1. The van der Waals surface area contributed by atoms with Crippen LogP contribution in [0.15, 0.2) is 22.7 Å². The molecular weight excluding hydrogens is 344 g/mol. The van der Waals surface area contributed by atoms with Gasteiger partial charge in [-0.15, -0.1) is 12.4 Å². The Hall–Kier alpha value is -0.780. The van der Waals surface area contributed by atoms with Gasteiger partial charge in [0.2, 0.25) is 5.91 Å². The van der Waals surface area contributed by atoms with E-state index in [1.54, 1.807) is 7.11 Å². The Morgan fingerprint density at radius 2 is 2.05 bits per heavy atom. The van der Waals surface area contributed by atoms with E-state index < -0.39 is 6.04 Å². The van der Waals surface area contributed by atoms with E-state index in [4.69, 9.17) is 10.5 Å². The van der Waals surface area contributed by atoms with Crippen molar-refractivity contribution >= 4 is 34.2 Å². The van der Waals surface area contributed by atoms with Crippen LogP contribution < -0.4 is 15.8 Å². The summed E-state index contributed by atoms with van der Waals surface area (Å²) in [5.74, 6) is 0.626. The van der Waals surface area contributed by atoms with Gasteiger partial charge in [0.1, 0.15) is 5.75 Å². The van der Waals surface area contributed by atoms with Gasteiger partial charge in [-0.3, -0.25) is 4.79 Å². The minimum absolute atomic E-state index is 0. The number of hydrogen-bond acceptors (Lipinski definition) is 3. The summed E-state index contributed by atoms with van der Waals surface area (Å²) in [6.07, 6.45) is 0. The second-order valence-corrected chi connectivity index (χ2v) is 6.38. The first kappa shape index (κ1) is 19.2. The predicted octanol–water partition coefficient (Wildman–Crippen LogP) is 2.87. The average molecular weight is 366 g/mol.